The fourth-order valence-electron chi connectivity index (χ4n) is 1.78. The molecule has 0 unspecified atom stereocenters. The fourth-order valence-corrected chi connectivity index (χ4v) is 2.97. The first-order chi connectivity index (χ1) is 8.82. The fraction of sp³-hybridized carbons (Fsp3) is 0.462. The van der Waals surface area contributed by atoms with E-state index in [1.807, 2.05) is 6.07 Å². The highest BCUT2D eigenvalue weighted by Gasteiger charge is 2.19. The minimum Gasteiger partial charge on any atom is -0.351 e. The third kappa shape index (κ3) is 5.00. The Bertz CT molecular complexity index is 512. The van der Waals surface area contributed by atoms with Gasteiger partial charge in [0.2, 0.25) is 10.0 Å². The number of rotatable bonds is 6. The topological polar surface area (TPSA) is 66.5 Å². The lowest BCUT2D eigenvalue weighted by molar-refractivity contribution is 0.0950. The Morgan fingerprint density at radius 2 is 1.84 bits per heavy atom. The lowest BCUT2D eigenvalue weighted by atomic mass is 10.2. The van der Waals surface area contributed by atoms with E-state index in [1.54, 1.807) is 38.1 Å². The molecule has 0 heterocycles. The second-order valence-electron chi connectivity index (χ2n) is 4.59. The van der Waals surface area contributed by atoms with Gasteiger partial charge in [0, 0.05) is 24.7 Å². The predicted molar refractivity (Wildman–Crippen MR) is 75.5 cm³/mol. The van der Waals surface area contributed by atoms with E-state index in [0.717, 1.165) is 0 Å². The van der Waals surface area contributed by atoms with Gasteiger partial charge < -0.3 is 5.32 Å². The Morgan fingerprint density at radius 3 is 2.32 bits per heavy atom. The largest absolute Gasteiger partial charge is 0.351 e. The van der Waals surface area contributed by atoms with Gasteiger partial charge in [0.1, 0.15) is 0 Å². The predicted octanol–water partition coefficient (Wildman–Crippen LogP) is 1.09. The van der Waals surface area contributed by atoms with Crippen molar-refractivity contribution in [3.63, 3.8) is 0 Å². The normalized spacial score (nSPS) is 11.8. The lowest BCUT2D eigenvalue weighted by Gasteiger charge is -2.23. The van der Waals surface area contributed by atoms with Crippen LogP contribution in [0.5, 0.6) is 0 Å². The summed E-state index contributed by atoms with van der Waals surface area (Å²) in [6.45, 7) is 4.17. The van der Waals surface area contributed by atoms with E-state index in [1.165, 1.54) is 10.6 Å². The van der Waals surface area contributed by atoms with E-state index in [4.69, 9.17) is 0 Å². The average molecular weight is 284 g/mol. The maximum atomic E-state index is 11.8. The van der Waals surface area contributed by atoms with Gasteiger partial charge in [-0.05, 0) is 26.0 Å². The number of carbonyl (C=O) groups excluding carboxylic acids is 1. The molecule has 0 aliphatic rings. The Balaban J connectivity index is 2.52. The van der Waals surface area contributed by atoms with Crippen molar-refractivity contribution in [1.29, 1.82) is 0 Å². The Morgan fingerprint density at radius 1 is 1.26 bits per heavy atom. The van der Waals surface area contributed by atoms with Crippen LogP contribution in [0, 0.1) is 0 Å². The number of hydrogen-bond acceptors (Lipinski definition) is 3. The van der Waals surface area contributed by atoms with Crippen LogP contribution in [0.2, 0.25) is 0 Å². The summed E-state index contributed by atoms with van der Waals surface area (Å²) in [6, 6.07) is 8.71. The summed E-state index contributed by atoms with van der Waals surface area (Å²) >= 11 is 0. The lowest BCUT2D eigenvalue weighted by Crippen LogP contribution is -2.41. The van der Waals surface area contributed by atoms with Gasteiger partial charge >= 0.3 is 0 Å². The number of amides is 1. The van der Waals surface area contributed by atoms with E-state index in [0.29, 0.717) is 12.1 Å². The SMILES string of the molecule is CC(C)N(CCNC(=O)c1ccccc1)S(C)(=O)=O. The zero-order valence-corrected chi connectivity index (χ0v) is 12.3. The van der Waals surface area contributed by atoms with Crippen LogP contribution in [-0.4, -0.2) is 44.0 Å². The summed E-state index contributed by atoms with van der Waals surface area (Å²) in [4.78, 5) is 11.8. The van der Waals surface area contributed by atoms with Crippen molar-refractivity contribution in [3.05, 3.63) is 35.9 Å². The molecule has 19 heavy (non-hydrogen) atoms. The highest BCUT2D eigenvalue weighted by molar-refractivity contribution is 7.88. The van der Waals surface area contributed by atoms with Crippen LogP contribution in [0.3, 0.4) is 0 Å². The van der Waals surface area contributed by atoms with Crippen molar-refractivity contribution in [1.82, 2.24) is 9.62 Å². The van der Waals surface area contributed by atoms with E-state index in [-0.39, 0.29) is 18.5 Å². The summed E-state index contributed by atoms with van der Waals surface area (Å²) in [6.07, 6.45) is 1.17. The van der Waals surface area contributed by atoms with Crippen molar-refractivity contribution < 1.29 is 13.2 Å². The Labute approximate surface area is 114 Å². The maximum Gasteiger partial charge on any atom is 0.251 e. The molecule has 106 valence electrons. The van der Waals surface area contributed by atoms with Crippen LogP contribution >= 0.6 is 0 Å². The Hall–Kier alpha value is -1.40. The monoisotopic (exact) mass is 284 g/mol. The van der Waals surface area contributed by atoms with Crippen LogP contribution in [-0.2, 0) is 10.0 Å². The Kier molecular flexibility index (Phi) is 5.50. The van der Waals surface area contributed by atoms with Crippen molar-refractivity contribution in [2.24, 2.45) is 0 Å². The van der Waals surface area contributed by atoms with Crippen molar-refractivity contribution in [2.45, 2.75) is 19.9 Å². The molecule has 1 aromatic carbocycles. The van der Waals surface area contributed by atoms with Crippen molar-refractivity contribution in [3.8, 4) is 0 Å². The number of nitrogens with zero attached hydrogens (tertiary/aromatic N) is 1. The molecule has 1 N–H and O–H groups in total. The number of sulfonamides is 1. The van der Waals surface area contributed by atoms with Crippen molar-refractivity contribution >= 4 is 15.9 Å². The first kappa shape index (κ1) is 15.7. The molecule has 0 spiro atoms. The molecule has 0 aliphatic carbocycles. The van der Waals surface area contributed by atoms with Crippen LogP contribution < -0.4 is 5.32 Å². The van der Waals surface area contributed by atoms with E-state index >= 15 is 0 Å². The van der Waals surface area contributed by atoms with Gasteiger partial charge in [-0.2, -0.15) is 4.31 Å². The molecule has 1 amide bonds. The zero-order valence-electron chi connectivity index (χ0n) is 11.5. The van der Waals surface area contributed by atoms with Crippen LogP contribution in [0.1, 0.15) is 24.2 Å². The van der Waals surface area contributed by atoms with Gasteiger partial charge in [-0.3, -0.25) is 4.79 Å². The van der Waals surface area contributed by atoms with Gasteiger partial charge in [-0.1, -0.05) is 18.2 Å². The van der Waals surface area contributed by atoms with E-state index in [2.05, 4.69) is 5.32 Å². The first-order valence-corrected chi connectivity index (χ1v) is 7.97. The number of nitrogens with one attached hydrogen (secondary N) is 1. The van der Waals surface area contributed by atoms with Crippen LogP contribution in [0.4, 0.5) is 0 Å². The molecule has 0 saturated heterocycles. The molecular formula is C13H20N2O3S. The van der Waals surface area contributed by atoms with Gasteiger partial charge in [-0.25, -0.2) is 8.42 Å². The van der Waals surface area contributed by atoms with Crippen LogP contribution in [0.25, 0.3) is 0 Å². The molecule has 5 nitrogen and oxygen atoms in total. The number of benzene rings is 1. The quantitative estimate of drug-likeness (QED) is 0.850. The van der Waals surface area contributed by atoms with Gasteiger partial charge in [-0.15, -0.1) is 0 Å². The van der Waals surface area contributed by atoms with Crippen LogP contribution in [0.15, 0.2) is 30.3 Å². The summed E-state index contributed by atoms with van der Waals surface area (Å²) in [7, 11) is -3.24. The van der Waals surface area contributed by atoms with Gasteiger partial charge in [0.25, 0.3) is 5.91 Å². The smallest absolute Gasteiger partial charge is 0.251 e. The maximum absolute atomic E-state index is 11.8. The van der Waals surface area contributed by atoms with Crippen molar-refractivity contribution in [2.75, 3.05) is 19.3 Å². The van der Waals surface area contributed by atoms with Gasteiger partial charge in [0.05, 0.1) is 6.26 Å². The summed E-state index contributed by atoms with van der Waals surface area (Å²) in [5.41, 5.74) is 0.568. The molecule has 0 radical (unpaired) electrons. The summed E-state index contributed by atoms with van der Waals surface area (Å²) < 4.78 is 24.4. The van der Waals surface area contributed by atoms with Gasteiger partial charge in [0.15, 0.2) is 0 Å². The minimum atomic E-state index is -3.24. The third-order valence-electron chi connectivity index (χ3n) is 2.66. The second-order valence-corrected chi connectivity index (χ2v) is 6.52. The molecule has 0 bridgehead atoms. The summed E-state index contributed by atoms with van der Waals surface area (Å²) in [5, 5.41) is 2.71. The zero-order chi connectivity index (χ0) is 14.5. The van der Waals surface area contributed by atoms with E-state index < -0.39 is 10.0 Å². The minimum absolute atomic E-state index is 0.122. The highest BCUT2D eigenvalue weighted by atomic mass is 32.2. The molecule has 0 saturated carbocycles. The highest BCUT2D eigenvalue weighted by Crippen LogP contribution is 2.04. The molecule has 0 aliphatic heterocycles. The molecule has 1 rings (SSSR count). The first-order valence-electron chi connectivity index (χ1n) is 6.12. The third-order valence-corrected chi connectivity index (χ3v) is 4.11. The number of hydrogen-bond donors (Lipinski definition) is 1. The number of carbonyl (C=O) groups is 1. The molecule has 1 aromatic rings. The average Bonchev–Trinajstić information content (AvgIpc) is 2.33. The van der Waals surface area contributed by atoms with E-state index in [9.17, 15) is 13.2 Å². The standard InChI is InChI=1S/C13H20N2O3S/c1-11(2)15(19(3,17)18)10-9-14-13(16)12-7-5-4-6-8-12/h4-8,11H,9-10H2,1-3H3,(H,14,16). The molecule has 6 heteroatoms. The molecule has 0 fully saturated rings. The second kappa shape index (κ2) is 6.68. The molecule has 0 atom stereocenters. The molecule has 0 aromatic heterocycles. The molecular weight excluding hydrogens is 264 g/mol. The summed E-state index contributed by atoms with van der Waals surface area (Å²) in [5.74, 6) is -0.196.